The summed E-state index contributed by atoms with van der Waals surface area (Å²) in [6, 6.07) is 3.67. The zero-order valence-corrected chi connectivity index (χ0v) is 21.1. The fourth-order valence-electron chi connectivity index (χ4n) is 4.67. The van der Waals surface area contributed by atoms with Crippen LogP contribution in [-0.4, -0.2) is 31.4 Å². The van der Waals surface area contributed by atoms with Gasteiger partial charge in [-0.1, -0.05) is 27.2 Å². The number of pyridine rings is 1. The van der Waals surface area contributed by atoms with Crippen molar-refractivity contribution in [3.8, 4) is 0 Å². The maximum absolute atomic E-state index is 13.3. The number of aryl methyl sites for hydroxylation is 2. The van der Waals surface area contributed by atoms with Crippen molar-refractivity contribution in [2.75, 3.05) is 6.54 Å². The molecule has 1 aliphatic carbocycles. The molecular formula is C26H37N3O3S. The molecule has 1 atom stereocenters. The number of ketones is 1. The van der Waals surface area contributed by atoms with Gasteiger partial charge in [0.25, 0.3) is 0 Å². The van der Waals surface area contributed by atoms with Crippen LogP contribution in [0.25, 0.3) is 10.8 Å². The van der Waals surface area contributed by atoms with Crippen LogP contribution in [0.1, 0.15) is 88.5 Å². The Hall–Kier alpha value is -2.12. The minimum absolute atomic E-state index is 0.0319. The highest BCUT2D eigenvalue weighted by molar-refractivity contribution is 7.89. The standard InChI is InChI=1S/C26H37N3O3S/c1-5-6-10-24(30)23(27)14-19-8-7-9-20-15-25(33(31,32)29-12-11-17(2)3)21-13-18(4)28-16-22(21)26(19)20/h13,15-17,19,27,29H,5-12,14H2,1-4H3. The van der Waals surface area contributed by atoms with Gasteiger partial charge in [-0.2, -0.15) is 0 Å². The number of carbonyl (C=O) groups excluding carboxylic acids is 1. The monoisotopic (exact) mass is 471 g/mol. The molecule has 2 aromatic rings. The van der Waals surface area contributed by atoms with Crippen LogP contribution in [0.5, 0.6) is 0 Å². The Morgan fingerprint density at radius 2 is 2.03 bits per heavy atom. The van der Waals surface area contributed by atoms with Gasteiger partial charge >= 0.3 is 0 Å². The summed E-state index contributed by atoms with van der Waals surface area (Å²) in [7, 11) is -3.67. The van der Waals surface area contributed by atoms with E-state index < -0.39 is 10.0 Å². The molecule has 1 unspecified atom stereocenters. The number of fused-ring (bicyclic) bond motifs is 3. The number of benzene rings is 1. The Morgan fingerprint density at radius 3 is 2.73 bits per heavy atom. The molecule has 0 radical (unpaired) electrons. The van der Waals surface area contributed by atoms with Crippen molar-refractivity contribution in [1.82, 2.24) is 9.71 Å². The summed E-state index contributed by atoms with van der Waals surface area (Å²) in [6.07, 6.45) is 7.71. The lowest BCUT2D eigenvalue weighted by Gasteiger charge is -2.28. The van der Waals surface area contributed by atoms with E-state index in [1.807, 2.05) is 26.0 Å². The molecule has 6 nitrogen and oxygen atoms in total. The van der Waals surface area contributed by atoms with E-state index in [0.29, 0.717) is 35.6 Å². The molecule has 0 amide bonds. The first-order valence-corrected chi connectivity index (χ1v) is 13.6. The second-order valence-electron chi connectivity index (χ2n) is 9.70. The number of hydrogen-bond acceptors (Lipinski definition) is 5. The number of nitrogens with zero attached hydrogens (tertiary/aromatic N) is 1. The van der Waals surface area contributed by atoms with Crippen molar-refractivity contribution >= 4 is 32.3 Å². The van der Waals surface area contributed by atoms with Crippen LogP contribution in [-0.2, 0) is 21.2 Å². The summed E-state index contributed by atoms with van der Waals surface area (Å²) in [5.74, 6) is 0.371. The molecule has 2 N–H and O–H groups in total. The van der Waals surface area contributed by atoms with Crippen LogP contribution in [0.3, 0.4) is 0 Å². The highest BCUT2D eigenvalue weighted by atomic mass is 32.2. The van der Waals surface area contributed by atoms with Gasteiger partial charge in [0.15, 0.2) is 5.78 Å². The second kappa shape index (κ2) is 10.9. The molecule has 0 fully saturated rings. The molecule has 0 saturated heterocycles. The SMILES string of the molecule is CCCCC(=O)C(=N)CC1CCCc2cc(S(=O)(=O)NCCC(C)C)c3cc(C)ncc3c21. The number of sulfonamides is 1. The van der Waals surface area contributed by atoms with E-state index in [1.54, 1.807) is 6.20 Å². The molecular weight excluding hydrogens is 434 g/mol. The topological polar surface area (TPSA) is 100.0 Å². The summed E-state index contributed by atoms with van der Waals surface area (Å²) in [5.41, 5.74) is 3.01. The Bertz CT molecular complexity index is 1140. The van der Waals surface area contributed by atoms with Crippen LogP contribution in [0.2, 0.25) is 0 Å². The first-order chi connectivity index (χ1) is 15.6. The minimum atomic E-state index is -3.67. The van der Waals surface area contributed by atoms with E-state index in [4.69, 9.17) is 5.41 Å². The Labute approximate surface area is 198 Å². The van der Waals surface area contributed by atoms with Crippen molar-refractivity contribution in [2.45, 2.75) is 89.9 Å². The predicted molar refractivity (Wildman–Crippen MR) is 134 cm³/mol. The summed E-state index contributed by atoms with van der Waals surface area (Å²) in [5, 5.41) is 9.88. The summed E-state index contributed by atoms with van der Waals surface area (Å²) in [4.78, 5) is 17.2. The van der Waals surface area contributed by atoms with E-state index in [1.165, 1.54) is 0 Å². The van der Waals surface area contributed by atoms with Crippen LogP contribution >= 0.6 is 0 Å². The van der Waals surface area contributed by atoms with E-state index in [9.17, 15) is 13.2 Å². The molecule has 1 aromatic heterocycles. The lowest BCUT2D eigenvalue weighted by Crippen LogP contribution is -2.27. The third kappa shape index (κ3) is 6.07. The maximum atomic E-state index is 13.3. The molecule has 0 aliphatic heterocycles. The normalized spacial score (nSPS) is 16.2. The van der Waals surface area contributed by atoms with Gasteiger partial charge in [0, 0.05) is 35.6 Å². The second-order valence-corrected chi connectivity index (χ2v) is 11.4. The van der Waals surface area contributed by atoms with Crippen molar-refractivity contribution in [3.63, 3.8) is 0 Å². The van der Waals surface area contributed by atoms with Crippen molar-refractivity contribution < 1.29 is 13.2 Å². The van der Waals surface area contributed by atoms with Crippen LogP contribution in [0.15, 0.2) is 23.2 Å². The molecule has 3 rings (SSSR count). The number of rotatable bonds is 11. The van der Waals surface area contributed by atoms with Crippen molar-refractivity contribution in [1.29, 1.82) is 5.41 Å². The molecule has 33 heavy (non-hydrogen) atoms. The number of Topliss-reactive ketones (excluding diaryl/α,β-unsaturated/α-hetero) is 1. The van der Waals surface area contributed by atoms with Gasteiger partial charge in [0.05, 0.1) is 10.6 Å². The predicted octanol–water partition coefficient (Wildman–Crippen LogP) is 5.46. The number of nitrogens with one attached hydrogen (secondary N) is 2. The van der Waals surface area contributed by atoms with Crippen molar-refractivity contribution in [3.05, 3.63) is 35.2 Å². The van der Waals surface area contributed by atoms with Crippen molar-refractivity contribution in [2.24, 2.45) is 5.92 Å². The van der Waals surface area contributed by atoms with E-state index in [-0.39, 0.29) is 17.4 Å². The highest BCUT2D eigenvalue weighted by Crippen LogP contribution is 2.41. The fourth-order valence-corrected chi connectivity index (χ4v) is 5.97. The number of hydrogen-bond donors (Lipinski definition) is 2. The van der Waals surface area contributed by atoms with E-state index in [2.05, 4.69) is 23.6 Å². The lowest BCUT2D eigenvalue weighted by atomic mass is 9.77. The highest BCUT2D eigenvalue weighted by Gasteiger charge is 2.29. The number of carbonyl (C=O) groups is 1. The molecule has 1 aliphatic rings. The largest absolute Gasteiger partial charge is 0.302 e. The zero-order chi connectivity index (χ0) is 24.2. The van der Waals surface area contributed by atoms with Gasteiger partial charge in [-0.25, -0.2) is 13.1 Å². The third-order valence-electron chi connectivity index (χ3n) is 6.50. The van der Waals surface area contributed by atoms with Crippen LogP contribution in [0, 0.1) is 18.3 Å². The Kier molecular flexibility index (Phi) is 8.40. The molecule has 7 heteroatoms. The lowest BCUT2D eigenvalue weighted by molar-refractivity contribution is -0.113. The van der Waals surface area contributed by atoms with Gasteiger partial charge < -0.3 is 5.41 Å². The molecule has 1 aromatic carbocycles. The van der Waals surface area contributed by atoms with Gasteiger partial charge in [-0.05, 0) is 80.5 Å². The fraction of sp³-hybridized carbons (Fsp3) is 0.577. The zero-order valence-electron chi connectivity index (χ0n) is 20.3. The molecule has 180 valence electrons. The van der Waals surface area contributed by atoms with E-state index >= 15 is 0 Å². The van der Waals surface area contributed by atoms with Crippen LogP contribution < -0.4 is 4.72 Å². The molecule has 0 spiro atoms. The van der Waals surface area contributed by atoms with Gasteiger partial charge in [-0.15, -0.1) is 0 Å². The number of unbranched alkanes of at least 4 members (excludes halogenated alkanes) is 1. The summed E-state index contributed by atoms with van der Waals surface area (Å²) in [6.45, 7) is 8.45. The minimum Gasteiger partial charge on any atom is -0.302 e. The average Bonchev–Trinajstić information content (AvgIpc) is 2.76. The average molecular weight is 472 g/mol. The first kappa shape index (κ1) is 25.5. The Balaban J connectivity index is 2.03. The van der Waals surface area contributed by atoms with Crippen LogP contribution in [0.4, 0.5) is 0 Å². The summed E-state index contributed by atoms with van der Waals surface area (Å²) < 4.78 is 29.3. The van der Waals surface area contributed by atoms with Gasteiger partial charge in [0.2, 0.25) is 10.0 Å². The van der Waals surface area contributed by atoms with Gasteiger partial charge in [0.1, 0.15) is 0 Å². The number of aromatic nitrogens is 1. The third-order valence-corrected chi connectivity index (χ3v) is 8.00. The molecule has 0 saturated carbocycles. The summed E-state index contributed by atoms with van der Waals surface area (Å²) >= 11 is 0. The first-order valence-electron chi connectivity index (χ1n) is 12.2. The smallest absolute Gasteiger partial charge is 0.241 e. The quantitative estimate of drug-likeness (QED) is 0.425. The maximum Gasteiger partial charge on any atom is 0.241 e. The van der Waals surface area contributed by atoms with Gasteiger partial charge in [-0.3, -0.25) is 9.78 Å². The Morgan fingerprint density at radius 1 is 1.27 bits per heavy atom. The molecule has 1 heterocycles. The van der Waals surface area contributed by atoms with E-state index in [0.717, 1.165) is 60.7 Å². The molecule has 0 bridgehead atoms.